The second-order valence-corrected chi connectivity index (χ2v) is 4.17. The van der Waals surface area contributed by atoms with Gasteiger partial charge in [-0.25, -0.2) is 9.78 Å². The SMILES string of the molecule is O=C(O)C1CCCc2nc(-c3ccco3)cn21. The van der Waals surface area contributed by atoms with Crippen molar-refractivity contribution < 1.29 is 14.3 Å². The first-order valence-corrected chi connectivity index (χ1v) is 5.60. The van der Waals surface area contributed by atoms with E-state index in [9.17, 15) is 4.79 Å². The molecule has 0 radical (unpaired) electrons. The summed E-state index contributed by atoms with van der Waals surface area (Å²) in [6.07, 6.45) is 5.71. The largest absolute Gasteiger partial charge is 0.480 e. The van der Waals surface area contributed by atoms with Crippen molar-refractivity contribution in [3.63, 3.8) is 0 Å². The number of fused-ring (bicyclic) bond motifs is 1. The summed E-state index contributed by atoms with van der Waals surface area (Å²) in [6, 6.07) is 3.13. The molecule has 5 nitrogen and oxygen atoms in total. The molecule has 1 atom stereocenters. The fraction of sp³-hybridized carbons (Fsp3) is 0.333. The zero-order chi connectivity index (χ0) is 11.8. The number of furan rings is 1. The van der Waals surface area contributed by atoms with Crippen LogP contribution in [0.4, 0.5) is 0 Å². The maximum Gasteiger partial charge on any atom is 0.326 e. The predicted molar refractivity (Wildman–Crippen MR) is 59.5 cm³/mol. The van der Waals surface area contributed by atoms with Crippen molar-refractivity contribution in [2.75, 3.05) is 0 Å². The van der Waals surface area contributed by atoms with Crippen LogP contribution in [0.25, 0.3) is 11.5 Å². The maximum atomic E-state index is 11.1. The van der Waals surface area contributed by atoms with Crippen molar-refractivity contribution in [2.45, 2.75) is 25.3 Å². The number of hydrogen-bond donors (Lipinski definition) is 1. The molecule has 3 rings (SSSR count). The average Bonchev–Trinajstić information content (AvgIpc) is 2.96. The number of rotatable bonds is 2. The highest BCUT2D eigenvalue weighted by atomic mass is 16.4. The van der Waals surface area contributed by atoms with E-state index in [0.717, 1.165) is 18.7 Å². The minimum absolute atomic E-state index is 0.491. The summed E-state index contributed by atoms with van der Waals surface area (Å²) in [5, 5.41) is 9.15. The summed E-state index contributed by atoms with van der Waals surface area (Å²) >= 11 is 0. The fourth-order valence-electron chi connectivity index (χ4n) is 2.26. The Kier molecular flexibility index (Phi) is 2.24. The molecule has 3 heterocycles. The van der Waals surface area contributed by atoms with Crippen LogP contribution < -0.4 is 0 Å². The van der Waals surface area contributed by atoms with E-state index in [-0.39, 0.29) is 0 Å². The molecule has 0 aromatic carbocycles. The Morgan fingerprint density at radius 3 is 3.18 bits per heavy atom. The maximum absolute atomic E-state index is 11.1. The summed E-state index contributed by atoms with van der Waals surface area (Å²) < 4.78 is 7.02. The monoisotopic (exact) mass is 232 g/mol. The Labute approximate surface area is 97.7 Å². The van der Waals surface area contributed by atoms with Gasteiger partial charge in [-0.1, -0.05) is 0 Å². The number of nitrogens with zero attached hydrogens (tertiary/aromatic N) is 2. The van der Waals surface area contributed by atoms with Crippen LogP contribution in [0.1, 0.15) is 24.7 Å². The van der Waals surface area contributed by atoms with Crippen LogP contribution in [0, 0.1) is 0 Å². The first-order valence-electron chi connectivity index (χ1n) is 5.60. The molecule has 17 heavy (non-hydrogen) atoms. The Bertz CT molecular complexity index is 542. The molecule has 0 spiro atoms. The van der Waals surface area contributed by atoms with Gasteiger partial charge in [0.05, 0.1) is 6.26 Å². The third-order valence-corrected chi connectivity index (χ3v) is 3.08. The Morgan fingerprint density at radius 2 is 2.47 bits per heavy atom. The van der Waals surface area contributed by atoms with Crippen molar-refractivity contribution in [3.8, 4) is 11.5 Å². The highest BCUT2D eigenvalue weighted by Gasteiger charge is 2.27. The van der Waals surface area contributed by atoms with Gasteiger partial charge in [0.2, 0.25) is 0 Å². The standard InChI is InChI=1S/C12H12N2O3/c15-12(16)9-3-1-5-11-13-8(7-14(9)11)10-4-2-6-17-10/h2,4,6-7,9H,1,3,5H2,(H,15,16). The van der Waals surface area contributed by atoms with Crippen molar-refractivity contribution in [2.24, 2.45) is 0 Å². The molecule has 2 aromatic rings. The lowest BCUT2D eigenvalue weighted by atomic mass is 10.1. The van der Waals surface area contributed by atoms with Gasteiger partial charge in [0.1, 0.15) is 17.6 Å². The Balaban J connectivity index is 2.04. The van der Waals surface area contributed by atoms with Gasteiger partial charge in [-0.05, 0) is 25.0 Å². The summed E-state index contributed by atoms with van der Waals surface area (Å²) in [5.74, 6) is 0.709. The molecule has 5 heteroatoms. The van der Waals surface area contributed by atoms with E-state index in [0.29, 0.717) is 17.9 Å². The van der Waals surface area contributed by atoms with E-state index in [2.05, 4.69) is 4.98 Å². The summed E-state index contributed by atoms with van der Waals surface area (Å²) in [6.45, 7) is 0. The van der Waals surface area contributed by atoms with Crippen molar-refractivity contribution in [3.05, 3.63) is 30.4 Å². The van der Waals surface area contributed by atoms with Gasteiger partial charge >= 0.3 is 5.97 Å². The molecule has 2 aromatic heterocycles. The highest BCUT2D eigenvalue weighted by molar-refractivity contribution is 5.72. The molecule has 0 saturated heterocycles. The van der Waals surface area contributed by atoms with E-state index in [4.69, 9.17) is 9.52 Å². The van der Waals surface area contributed by atoms with Gasteiger partial charge in [-0.15, -0.1) is 0 Å². The summed E-state index contributed by atoms with van der Waals surface area (Å²) in [7, 11) is 0. The topological polar surface area (TPSA) is 68.3 Å². The number of carbonyl (C=O) groups is 1. The normalized spacial score (nSPS) is 18.9. The molecule has 1 unspecified atom stereocenters. The molecule has 1 aliphatic heterocycles. The molecule has 0 amide bonds. The quantitative estimate of drug-likeness (QED) is 0.860. The van der Waals surface area contributed by atoms with Gasteiger partial charge < -0.3 is 14.1 Å². The molecule has 0 saturated carbocycles. The van der Waals surface area contributed by atoms with E-state index in [1.54, 1.807) is 23.1 Å². The lowest BCUT2D eigenvalue weighted by molar-refractivity contribution is -0.141. The summed E-state index contributed by atoms with van der Waals surface area (Å²) in [4.78, 5) is 15.6. The molecular formula is C12H12N2O3. The van der Waals surface area contributed by atoms with E-state index in [1.807, 2.05) is 6.07 Å². The van der Waals surface area contributed by atoms with E-state index in [1.165, 1.54) is 0 Å². The third-order valence-electron chi connectivity index (χ3n) is 3.08. The van der Waals surface area contributed by atoms with Crippen molar-refractivity contribution in [1.82, 2.24) is 9.55 Å². The van der Waals surface area contributed by atoms with Gasteiger partial charge in [0, 0.05) is 12.6 Å². The van der Waals surface area contributed by atoms with Crippen LogP contribution in [-0.2, 0) is 11.2 Å². The van der Waals surface area contributed by atoms with Crippen molar-refractivity contribution >= 4 is 5.97 Å². The van der Waals surface area contributed by atoms with Gasteiger partial charge in [0.15, 0.2) is 5.76 Å². The Hall–Kier alpha value is -2.04. The average molecular weight is 232 g/mol. The third kappa shape index (κ3) is 1.63. The number of carboxylic acids is 1. The molecule has 0 aliphatic carbocycles. The second-order valence-electron chi connectivity index (χ2n) is 4.17. The number of imidazole rings is 1. The smallest absolute Gasteiger partial charge is 0.326 e. The lowest BCUT2D eigenvalue weighted by Gasteiger charge is -2.20. The minimum atomic E-state index is -0.797. The zero-order valence-electron chi connectivity index (χ0n) is 9.17. The van der Waals surface area contributed by atoms with Gasteiger partial charge in [0.25, 0.3) is 0 Å². The molecule has 1 aliphatic rings. The van der Waals surface area contributed by atoms with Crippen LogP contribution >= 0.6 is 0 Å². The number of aryl methyl sites for hydroxylation is 1. The predicted octanol–water partition coefficient (Wildman–Crippen LogP) is 2.11. The second kappa shape index (κ2) is 3.76. The molecule has 88 valence electrons. The van der Waals surface area contributed by atoms with Crippen molar-refractivity contribution in [1.29, 1.82) is 0 Å². The van der Waals surface area contributed by atoms with Gasteiger partial charge in [-0.3, -0.25) is 0 Å². The van der Waals surface area contributed by atoms with Crippen LogP contribution in [0.5, 0.6) is 0 Å². The number of aromatic nitrogens is 2. The first kappa shape index (κ1) is 10.1. The number of aliphatic carboxylic acids is 1. The lowest BCUT2D eigenvalue weighted by Crippen LogP contribution is -2.24. The van der Waals surface area contributed by atoms with Gasteiger partial charge in [-0.2, -0.15) is 0 Å². The van der Waals surface area contributed by atoms with E-state index >= 15 is 0 Å². The number of hydrogen-bond acceptors (Lipinski definition) is 3. The highest BCUT2D eigenvalue weighted by Crippen LogP contribution is 2.28. The molecular weight excluding hydrogens is 220 g/mol. The minimum Gasteiger partial charge on any atom is -0.480 e. The van der Waals surface area contributed by atoms with Crippen LogP contribution in [0.3, 0.4) is 0 Å². The molecule has 0 fully saturated rings. The van der Waals surface area contributed by atoms with Crippen LogP contribution in [0.15, 0.2) is 29.0 Å². The molecule has 0 bridgehead atoms. The van der Waals surface area contributed by atoms with Crippen LogP contribution in [-0.4, -0.2) is 20.6 Å². The molecule has 1 N–H and O–H groups in total. The zero-order valence-corrected chi connectivity index (χ0v) is 9.17. The first-order chi connectivity index (χ1) is 8.25. The van der Waals surface area contributed by atoms with E-state index < -0.39 is 12.0 Å². The van der Waals surface area contributed by atoms with Crippen LogP contribution in [0.2, 0.25) is 0 Å². The Morgan fingerprint density at radius 1 is 1.59 bits per heavy atom. The summed E-state index contributed by atoms with van der Waals surface area (Å²) in [5.41, 5.74) is 0.707. The fourth-order valence-corrected chi connectivity index (χ4v) is 2.26. The number of carboxylic acid groups (broad SMARTS) is 1.